The van der Waals surface area contributed by atoms with Crippen LogP contribution in [0.1, 0.15) is 31.2 Å². The first-order valence-electron chi connectivity index (χ1n) is 6.73. The molecule has 0 bridgehead atoms. The summed E-state index contributed by atoms with van der Waals surface area (Å²) in [7, 11) is 0. The minimum absolute atomic E-state index is 0.175. The molecule has 1 aromatic rings. The standard InChI is InChI=1S/C15H20N2O2/c18-14-7-3-1-5-12(14)9-16-11-17-10-13-6-2-4-8-15(13)19/h1,3,5,7,9-10,13,15,18-19H,2,4,6,8,11H2/b16-9+,17-10?. The molecular formula is C15H20N2O2. The number of aromatic hydroxyl groups is 1. The fraction of sp³-hybridized carbons (Fsp3) is 0.467. The Kier molecular flexibility index (Phi) is 5.10. The van der Waals surface area contributed by atoms with E-state index >= 15 is 0 Å². The van der Waals surface area contributed by atoms with Crippen LogP contribution in [0, 0.1) is 5.92 Å². The first-order chi connectivity index (χ1) is 9.27. The molecule has 1 fully saturated rings. The first kappa shape index (κ1) is 13.7. The minimum Gasteiger partial charge on any atom is -0.507 e. The molecule has 0 aromatic heterocycles. The van der Waals surface area contributed by atoms with E-state index in [9.17, 15) is 10.2 Å². The largest absolute Gasteiger partial charge is 0.507 e. The number of aliphatic hydroxyl groups is 1. The Labute approximate surface area is 113 Å². The van der Waals surface area contributed by atoms with Crippen LogP contribution in [-0.4, -0.2) is 35.4 Å². The predicted molar refractivity (Wildman–Crippen MR) is 77.0 cm³/mol. The molecule has 2 unspecified atom stereocenters. The zero-order valence-electron chi connectivity index (χ0n) is 10.9. The van der Waals surface area contributed by atoms with E-state index in [2.05, 4.69) is 9.98 Å². The van der Waals surface area contributed by atoms with E-state index in [0.717, 1.165) is 25.7 Å². The average molecular weight is 260 g/mol. The Morgan fingerprint density at radius 3 is 2.74 bits per heavy atom. The van der Waals surface area contributed by atoms with Gasteiger partial charge in [-0.3, -0.25) is 9.98 Å². The van der Waals surface area contributed by atoms with E-state index in [1.54, 1.807) is 24.4 Å². The van der Waals surface area contributed by atoms with Gasteiger partial charge in [-0.05, 0) is 25.0 Å². The van der Waals surface area contributed by atoms with Gasteiger partial charge in [-0.1, -0.05) is 25.0 Å². The third-order valence-corrected chi connectivity index (χ3v) is 3.41. The molecule has 0 heterocycles. The third kappa shape index (κ3) is 4.17. The summed E-state index contributed by atoms with van der Waals surface area (Å²) in [4.78, 5) is 8.37. The zero-order chi connectivity index (χ0) is 13.5. The maximum atomic E-state index is 9.78. The summed E-state index contributed by atoms with van der Waals surface area (Å²) in [5.41, 5.74) is 0.690. The second-order valence-corrected chi connectivity index (χ2v) is 4.86. The highest BCUT2D eigenvalue weighted by Gasteiger charge is 2.20. The van der Waals surface area contributed by atoms with E-state index in [1.807, 2.05) is 12.3 Å². The van der Waals surface area contributed by atoms with Crippen molar-refractivity contribution in [3.05, 3.63) is 29.8 Å². The summed E-state index contributed by atoms with van der Waals surface area (Å²) in [6.07, 6.45) is 7.34. The number of para-hydroxylation sites is 1. The molecule has 19 heavy (non-hydrogen) atoms. The van der Waals surface area contributed by atoms with Crippen LogP contribution in [0.15, 0.2) is 34.3 Å². The minimum atomic E-state index is -0.250. The molecule has 0 radical (unpaired) electrons. The lowest BCUT2D eigenvalue weighted by atomic mass is 9.87. The van der Waals surface area contributed by atoms with Crippen LogP contribution in [0.2, 0.25) is 0 Å². The second kappa shape index (κ2) is 7.04. The molecule has 1 aliphatic rings. The number of benzene rings is 1. The Morgan fingerprint density at radius 1 is 1.16 bits per heavy atom. The molecule has 1 saturated carbocycles. The SMILES string of the molecule is Oc1ccccc1/C=N/CN=CC1CCCCC1O. The lowest BCUT2D eigenvalue weighted by Gasteiger charge is -2.23. The second-order valence-electron chi connectivity index (χ2n) is 4.86. The number of hydrogen-bond acceptors (Lipinski definition) is 4. The monoisotopic (exact) mass is 260 g/mol. The number of hydrogen-bond donors (Lipinski definition) is 2. The summed E-state index contributed by atoms with van der Waals surface area (Å²) in [6.45, 7) is 0.331. The topological polar surface area (TPSA) is 65.2 Å². The van der Waals surface area contributed by atoms with E-state index in [-0.39, 0.29) is 17.8 Å². The lowest BCUT2D eigenvalue weighted by molar-refractivity contribution is 0.103. The van der Waals surface area contributed by atoms with Crippen LogP contribution in [0.4, 0.5) is 0 Å². The lowest BCUT2D eigenvalue weighted by Crippen LogP contribution is -2.25. The van der Waals surface area contributed by atoms with Gasteiger partial charge in [0.25, 0.3) is 0 Å². The number of phenolic OH excluding ortho intramolecular Hbond substituents is 1. The normalized spacial score (nSPS) is 24.3. The molecule has 0 amide bonds. The van der Waals surface area contributed by atoms with Crippen LogP contribution in [-0.2, 0) is 0 Å². The third-order valence-electron chi connectivity index (χ3n) is 3.41. The molecule has 102 valence electrons. The van der Waals surface area contributed by atoms with Gasteiger partial charge in [-0.15, -0.1) is 0 Å². The van der Waals surface area contributed by atoms with Gasteiger partial charge >= 0.3 is 0 Å². The summed E-state index contributed by atoms with van der Waals surface area (Å²) in [6, 6.07) is 7.05. The molecule has 2 rings (SSSR count). The summed E-state index contributed by atoms with van der Waals surface area (Å²) < 4.78 is 0. The first-order valence-corrected chi connectivity index (χ1v) is 6.73. The van der Waals surface area contributed by atoms with Gasteiger partial charge in [0.1, 0.15) is 12.4 Å². The summed E-state index contributed by atoms with van der Waals surface area (Å²) >= 11 is 0. The molecule has 1 aliphatic carbocycles. The smallest absolute Gasteiger partial charge is 0.128 e. The van der Waals surface area contributed by atoms with Gasteiger partial charge in [-0.2, -0.15) is 0 Å². The van der Waals surface area contributed by atoms with Gasteiger partial charge in [0, 0.05) is 23.9 Å². The van der Waals surface area contributed by atoms with Crippen molar-refractivity contribution in [1.29, 1.82) is 0 Å². The van der Waals surface area contributed by atoms with Crippen LogP contribution in [0.3, 0.4) is 0 Å². The van der Waals surface area contributed by atoms with Crippen LogP contribution >= 0.6 is 0 Å². The van der Waals surface area contributed by atoms with E-state index in [4.69, 9.17) is 0 Å². The van der Waals surface area contributed by atoms with E-state index < -0.39 is 0 Å². The Bertz CT molecular complexity index is 457. The van der Waals surface area contributed by atoms with Gasteiger partial charge < -0.3 is 10.2 Å². The van der Waals surface area contributed by atoms with Crippen molar-refractivity contribution in [3.8, 4) is 5.75 Å². The van der Waals surface area contributed by atoms with Crippen molar-refractivity contribution in [1.82, 2.24) is 0 Å². The molecule has 2 N–H and O–H groups in total. The molecular weight excluding hydrogens is 240 g/mol. The van der Waals surface area contributed by atoms with Crippen LogP contribution in [0.25, 0.3) is 0 Å². The van der Waals surface area contributed by atoms with Crippen molar-refractivity contribution >= 4 is 12.4 Å². The van der Waals surface area contributed by atoms with Crippen molar-refractivity contribution in [2.24, 2.45) is 15.9 Å². The number of phenols is 1. The highest BCUT2D eigenvalue weighted by molar-refractivity contribution is 5.83. The number of nitrogens with zero attached hydrogens (tertiary/aromatic N) is 2. The molecule has 4 nitrogen and oxygen atoms in total. The van der Waals surface area contributed by atoms with E-state index in [0.29, 0.717) is 12.2 Å². The number of aliphatic hydroxyl groups excluding tert-OH is 1. The summed E-state index contributed by atoms with van der Waals surface area (Å²) in [5, 5.41) is 19.3. The van der Waals surface area contributed by atoms with Crippen LogP contribution < -0.4 is 0 Å². The number of aliphatic imine (C=N–C) groups is 2. The van der Waals surface area contributed by atoms with Crippen molar-refractivity contribution in [3.63, 3.8) is 0 Å². The molecule has 0 saturated heterocycles. The maximum Gasteiger partial charge on any atom is 0.128 e. The number of rotatable bonds is 4. The highest BCUT2D eigenvalue weighted by atomic mass is 16.3. The van der Waals surface area contributed by atoms with Crippen molar-refractivity contribution in [2.75, 3.05) is 6.67 Å². The van der Waals surface area contributed by atoms with E-state index in [1.165, 1.54) is 0 Å². The maximum absolute atomic E-state index is 9.78. The Balaban J connectivity index is 1.81. The molecule has 0 spiro atoms. The molecule has 1 aromatic carbocycles. The summed E-state index contributed by atoms with van der Waals surface area (Å²) in [5.74, 6) is 0.395. The van der Waals surface area contributed by atoms with Gasteiger partial charge in [-0.25, -0.2) is 0 Å². The van der Waals surface area contributed by atoms with Crippen molar-refractivity contribution in [2.45, 2.75) is 31.8 Å². The fourth-order valence-corrected chi connectivity index (χ4v) is 2.28. The highest BCUT2D eigenvalue weighted by Crippen LogP contribution is 2.22. The molecule has 4 heteroatoms. The van der Waals surface area contributed by atoms with Crippen LogP contribution in [0.5, 0.6) is 5.75 Å². The zero-order valence-corrected chi connectivity index (χ0v) is 10.9. The molecule has 0 aliphatic heterocycles. The quantitative estimate of drug-likeness (QED) is 0.816. The van der Waals surface area contributed by atoms with Gasteiger partial charge in [0.05, 0.1) is 6.10 Å². The average Bonchev–Trinajstić information content (AvgIpc) is 2.42. The van der Waals surface area contributed by atoms with Crippen molar-refractivity contribution < 1.29 is 10.2 Å². The predicted octanol–water partition coefficient (Wildman–Crippen LogP) is 2.39. The Hall–Kier alpha value is -1.68. The molecule has 2 atom stereocenters. The fourth-order valence-electron chi connectivity index (χ4n) is 2.28. The van der Waals surface area contributed by atoms with Gasteiger partial charge in [0.2, 0.25) is 0 Å². The van der Waals surface area contributed by atoms with Gasteiger partial charge in [0.15, 0.2) is 0 Å². The Morgan fingerprint density at radius 2 is 1.95 bits per heavy atom.